The molecule has 0 atom stereocenters. The van der Waals surface area contributed by atoms with E-state index in [1.807, 2.05) is 6.92 Å². The normalized spacial score (nSPS) is 11.6. The molecule has 0 bridgehead atoms. The minimum absolute atomic E-state index is 0.0284. The van der Waals surface area contributed by atoms with Gasteiger partial charge in [-0.1, -0.05) is 23.2 Å². The quantitative estimate of drug-likeness (QED) is 0.656. The topological polar surface area (TPSA) is 96.4 Å². The molecule has 25 heavy (non-hydrogen) atoms. The summed E-state index contributed by atoms with van der Waals surface area (Å²) in [6, 6.07) is 7.09. The number of fused-ring (bicyclic) bond motifs is 1. The standard InChI is InChI=1S/C15H10Cl2N2O4S2/c1-7-18-12-6-9(2-3-13(12)24-7)19-25(22,23)14-10(15(20)21)4-8(16)5-11(14)17/h2-6,19H,1H3,(H,20,21). The number of halogens is 2. The van der Waals surface area contributed by atoms with Crippen LogP contribution >= 0.6 is 34.5 Å². The van der Waals surface area contributed by atoms with E-state index < -0.39 is 26.5 Å². The number of sulfonamides is 1. The third-order valence-electron chi connectivity index (χ3n) is 3.25. The Morgan fingerprint density at radius 2 is 1.96 bits per heavy atom. The van der Waals surface area contributed by atoms with Crippen LogP contribution in [0.3, 0.4) is 0 Å². The molecule has 3 rings (SSSR count). The van der Waals surface area contributed by atoms with Gasteiger partial charge in [0.05, 0.1) is 31.5 Å². The predicted octanol–water partition coefficient (Wildman–Crippen LogP) is 4.41. The molecule has 0 spiro atoms. The summed E-state index contributed by atoms with van der Waals surface area (Å²) in [6.07, 6.45) is 0. The van der Waals surface area contributed by atoms with E-state index in [1.165, 1.54) is 17.4 Å². The number of hydrogen-bond donors (Lipinski definition) is 2. The summed E-state index contributed by atoms with van der Waals surface area (Å²) in [5, 5.41) is 9.87. The lowest BCUT2D eigenvalue weighted by atomic mass is 10.2. The van der Waals surface area contributed by atoms with Crippen LogP contribution in [0.2, 0.25) is 10.0 Å². The summed E-state index contributed by atoms with van der Waals surface area (Å²) in [4.78, 5) is 15.1. The molecule has 2 aromatic carbocycles. The molecule has 1 aromatic heterocycles. The van der Waals surface area contributed by atoms with Crippen molar-refractivity contribution in [2.45, 2.75) is 11.8 Å². The van der Waals surface area contributed by atoms with E-state index in [4.69, 9.17) is 23.2 Å². The van der Waals surface area contributed by atoms with Crippen LogP contribution in [0.5, 0.6) is 0 Å². The second kappa shape index (κ2) is 6.45. The van der Waals surface area contributed by atoms with Gasteiger partial charge in [-0.3, -0.25) is 4.72 Å². The first-order chi connectivity index (χ1) is 11.7. The van der Waals surface area contributed by atoms with E-state index in [9.17, 15) is 18.3 Å². The Labute approximate surface area is 157 Å². The van der Waals surface area contributed by atoms with Crippen molar-refractivity contribution in [3.8, 4) is 0 Å². The zero-order valence-electron chi connectivity index (χ0n) is 12.6. The van der Waals surface area contributed by atoms with E-state index in [-0.39, 0.29) is 15.7 Å². The largest absolute Gasteiger partial charge is 0.478 e. The van der Waals surface area contributed by atoms with Gasteiger partial charge in [0.15, 0.2) is 0 Å². The summed E-state index contributed by atoms with van der Waals surface area (Å²) in [5.41, 5.74) is 0.388. The number of nitrogens with one attached hydrogen (secondary N) is 1. The van der Waals surface area contributed by atoms with E-state index in [0.717, 1.165) is 15.8 Å². The van der Waals surface area contributed by atoms with Gasteiger partial charge in [0.25, 0.3) is 10.0 Å². The highest BCUT2D eigenvalue weighted by molar-refractivity contribution is 7.93. The Morgan fingerprint density at radius 3 is 2.64 bits per heavy atom. The van der Waals surface area contributed by atoms with Crippen LogP contribution in [0.4, 0.5) is 5.69 Å². The number of nitrogens with zero attached hydrogens (tertiary/aromatic N) is 1. The van der Waals surface area contributed by atoms with Crippen molar-refractivity contribution in [2.75, 3.05) is 4.72 Å². The van der Waals surface area contributed by atoms with E-state index in [1.54, 1.807) is 18.2 Å². The summed E-state index contributed by atoms with van der Waals surface area (Å²) >= 11 is 13.2. The van der Waals surface area contributed by atoms with Gasteiger partial charge in [-0.15, -0.1) is 11.3 Å². The Hall–Kier alpha value is -1.87. The summed E-state index contributed by atoms with van der Waals surface area (Å²) in [5.74, 6) is -1.45. The molecule has 2 N–H and O–H groups in total. The molecule has 0 aliphatic heterocycles. The van der Waals surface area contributed by atoms with Crippen molar-refractivity contribution in [3.63, 3.8) is 0 Å². The first-order valence-electron chi connectivity index (χ1n) is 6.80. The summed E-state index contributed by atoms with van der Waals surface area (Å²) < 4.78 is 28.6. The number of aromatic nitrogens is 1. The summed E-state index contributed by atoms with van der Waals surface area (Å²) in [7, 11) is -4.24. The fourth-order valence-electron chi connectivity index (χ4n) is 2.30. The van der Waals surface area contributed by atoms with Crippen molar-refractivity contribution in [3.05, 3.63) is 50.9 Å². The molecule has 0 fully saturated rings. The lowest BCUT2D eigenvalue weighted by Crippen LogP contribution is -2.17. The van der Waals surface area contributed by atoms with Crippen LogP contribution in [0.25, 0.3) is 10.2 Å². The van der Waals surface area contributed by atoms with Gasteiger partial charge in [-0.05, 0) is 37.3 Å². The number of carboxylic acids is 1. The molecular formula is C15H10Cl2N2O4S2. The highest BCUT2D eigenvalue weighted by atomic mass is 35.5. The van der Waals surface area contributed by atoms with Crippen LogP contribution in [-0.4, -0.2) is 24.5 Å². The first-order valence-corrected chi connectivity index (χ1v) is 9.85. The van der Waals surface area contributed by atoms with Crippen molar-refractivity contribution < 1.29 is 18.3 Å². The minimum atomic E-state index is -4.24. The maximum absolute atomic E-state index is 12.7. The molecule has 0 saturated carbocycles. The van der Waals surface area contributed by atoms with E-state index in [2.05, 4.69) is 9.71 Å². The minimum Gasteiger partial charge on any atom is -0.478 e. The fraction of sp³-hybridized carbons (Fsp3) is 0.0667. The molecule has 0 aliphatic rings. The van der Waals surface area contributed by atoms with Crippen molar-refractivity contribution in [1.29, 1.82) is 0 Å². The predicted molar refractivity (Wildman–Crippen MR) is 98.6 cm³/mol. The average Bonchev–Trinajstić information content (AvgIpc) is 2.84. The van der Waals surface area contributed by atoms with Gasteiger partial charge in [0, 0.05) is 5.02 Å². The lowest BCUT2D eigenvalue weighted by molar-refractivity contribution is 0.0692. The number of rotatable bonds is 4. The second-order valence-corrected chi connectivity index (χ2v) is 8.79. The lowest BCUT2D eigenvalue weighted by Gasteiger charge is -2.12. The number of aryl methyl sites for hydroxylation is 1. The highest BCUT2D eigenvalue weighted by Crippen LogP contribution is 2.32. The third-order valence-corrected chi connectivity index (χ3v) is 6.32. The molecule has 0 saturated heterocycles. The van der Waals surface area contributed by atoms with E-state index >= 15 is 0 Å². The molecule has 0 unspecified atom stereocenters. The Kier molecular flexibility index (Phi) is 4.63. The molecule has 6 nitrogen and oxygen atoms in total. The zero-order chi connectivity index (χ0) is 18.4. The van der Waals surface area contributed by atoms with Gasteiger partial charge >= 0.3 is 5.97 Å². The molecule has 130 valence electrons. The Bertz CT molecular complexity index is 1110. The molecule has 10 heteroatoms. The smallest absolute Gasteiger partial charge is 0.337 e. The van der Waals surface area contributed by atoms with Crippen molar-refractivity contribution in [2.24, 2.45) is 0 Å². The molecule has 1 heterocycles. The maximum atomic E-state index is 12.7. The number of carbonyl (C=O) groups is 1. The molecular weight excluding hydrogens is 407 g/mol. The SMILES string of the molecule is Cc1nc2cc(NS(=O)(=O)c3c(Cl)cc(Cl)cc3C(=O)O)ccc2s1. The van der Waals surface area contributed by atoms with Gasteiger partial charge in [-0.25, -0.2) is 18.2 Å². The highest BCUT2D eigenvalue weighted by Gasteiger charge is 2.27. The Morgan fingerprint density at radius 1 is 1.24 bits per heavy atom. The maximum Gasteiger partial charge on any atom is 0.337 e. The van der Waals surface area contributed by atoms with Crippen LogP contribution < -0.4 is 4.72 Å². The molecule has 0 amide bonds. The number of anilines is 1. The van der Waals surface area contributed by atoms with Gasteiger partial charge in [0.2, 0.25) is 0 Å². The zero-order valence-corrected chi connectivity index (χ0v) is 15.7. The van der Waals surface area contributed by atoms with Gasteiger partial charge in [-0.2, -0.15) is 0 Å². The van der Waals surface area contributed by atoms with Crippen LogP contribution in [0.15, 0.2) is 35.2 Å². The van der Waals surface area contributed by atoms with Gasteiger partial charge < -0.3 is 5.11 Å². The van der Waals surface area contributed by atoms with Crippen molar-refractivity contribution in [1.82, 2.24) is 4.98 Å². The molecule has 0 aliphatic carbocycles. The average molecular weight is 417 g/mol. The van der Waals surface area contributed by atoms with Crippen LogP contribution in [0.1, 0.15) is 15.4 Å². The molecule has 3 aromatic rings. The number of carboxylic acid groups (broad SMARTS) is 1. The van der Waals surface area contributed by atoms with Crippen LogP contribution in [0, 0.1) is 6.92 Å². The number of aromatic carboxylic acids is 1. The molecule has 0 radical (unpaired) electrons. The van der Waals surface area contributed by atoms with Gasteiger partial charge in [0.1, 0.15) is 4.90 Å². The van der Waals surface area contributed by atoms with E-state index in [0.29, 0.717) is 5.52 Å². The van der Waals surface area contributed by atoms with Crippen LogP contribution in [-0.2, 0) is 10.0 Å². The number of thiazole rings is 1. The number of hydrogen-bond acceptors (Lipinski definition) is 5. The Balaban J connectivity index is 2.08. The first kappa shape index (κ1) is 17.9. The third kappa shape index (κ3) is 3.57. The van der Waals surface area contributed by atoms with Crippen molar-refractivity contribution >= 4 is 66.4 Å². The monoisotopic (exact) mass is 416 g/mol. The fourth-order valence-corrected chi connectivity index (χ4v) is 5.20. The second-order valence-electron chi connectivity index (χ2n) is 5.09. The summed E-state index contributed by atoms with van der Waals surface area (Å²) in [6.45, 7) is 1.85. The number of benzene rings is 2.